The highest BCUT2D eigenvalue weighted by Gasteiger charge is 2.14. The Balaban J connectivity index is 2.21. The molecule has 0 bridgehead atoms. The van der Waals surface area contributed by atoms with Crippen molar-refractivity contribution in [1.29, 1.82) is 0 Å². The number of aliphatic hydroxyl groups excluding tert-OH is 1. The van der Waals surface area contributed by atoms with Crippen LogP contribution in [0.4, 0.5) is 0 Å². The monoisotopic (exact) mass is 184 g/mol. The molecule has 0 amide bonds. The average molecular weight is 184 g/mol. The smallest absolute Gasteiger partial charge is 0.101 e. The molecule has 0 aromatic rings. The molecule has 0 fully saturated rings. The van der Waals surface area contributed by atoms with E-state index in [-0.39, 0.29) is 6.61 Å². The summed E-state index contributed by atoms with van der Waals surface area (Å²) in [6.45, 7) is 5.53. The lowest BCUT2D eigenvalue weighted by Gasteiger charge is -2.19. The van der Waals surface area contributed by atoms with E-state index in [9.17, 15) is 0 Å². The maximum atomic E-state index is 8.81. The third kappa shape index (κ3) is 3.35. The normalized spacial score (nSPS) is 16.5. The Bertz CT molecular complexity index is 168. The fraction of sp³-hybridized carbons (Fsp3) is 0.900. The molecule has 0 unspecified atom stereocenters. The van der Waals surface area contributed by atoms with Crippen molar-refractivity contribution in [2.45, 2.75) is 32.6 Å². The SMILES string of the molecule is CCCCCN1CCN=C1CCO. The number of unbranched alkanes of at least 4 members (excludes halogenated alkanes) is 2. The molecule has 13 heavy (non-hydrogen) atoms. The van der Waals surface area contributed by atoms with Crippen molar-refractivity contribution in [3.63, 3.8) is 0 Å². The van der Waals surface area contributed by atoms with Crippen molar-refractivity contribution in [1.82, 2.24) is 4.90 Å². The van der Waals surface area contributed by atoms with Crippen LogP contribution in [-0.2, 0) is 0 Å². The summed E-state index contributed by atoms with van der Waals surface area (Å²) in [4.78, 5) is 6.68. The van der Waals surface area contributed by atoms with Crippen LogP contribution in [0.15, 0.2) is 4.99 Å². The molecule has 1 rings (SSSR count). The van der Waals surface area contributed by atoms with E-state index in [2.05, 4.69) is 16.8 Å². The predicted octanol–water partition coefficient (Wildman–Crippen LogP) is 1.27. The molecule has 0 aromatic heterocycles. The molecule has 0 saturated heterocycles. The maximum absolute atomic E-state index is 8.81. The van der Waals surface area contributed by atoms with Crippen molar-refractivity contribution >= 4 is 5.84 Å². The number of hydrogen-bond donors (Lipinski definition) is 1. The van der Waals surface area contributed by atoms with Crippen molar-refractivity contribution < 1.29 is 5.11 Å². The van der Waals surface area contributed by atoms with Gasteiger partial charge < -0.3 is 10.0 Å². The molecule has 3 heteroatoms. The zero-order valence-electron chi connectivity index (χ0n) is 8.50. The largest absolute Gasteiger partial charge is 0.396 e. The second kappa shape index (κ2) is 5.97. The molecular formula is C10H20N2O. The standard InChI is InChI=1S/C10H20N2O/c1-2-3-4-7-12-8-6-11-10(12)5-9-13/h13H,2-9H2,1H3. The fourth-order valence-corrected chi connectivity index (χ4v) is 1.66. The van der Waals surface area contributed by atoms with Crippen LogP contribution in [0.5, 0.6) is 0 Å². The Labute approximate surface area is 80.5 Å². The second-order valence-electron chi connectivity index (χ2n) is 3.47. The van der Waals surface area contributed by atoms with Crippen LogP contribution in [0.1, 0.15) is 32.6 Å². The molecular weight excluding hydrogens is 164 g/mol. The van der Waals surface area contributed by atoms with Gasteiger partial charge in [-0.25, -0.2) is 0 Å². The summed E-state index contributed by atoms with van der Waals surface area (Å²) in [6.07, 6.45) is 4.54. The lowest BCUT2D eigenvalue weighted by molar-refractivity contribution is 0.300. The van der Waals surface area contributed by atoms with Gasteiger partial charge in [0.15, 0.2) is 0 Å². The first-order valence-electron chi connectivity index (χ1n) is 5.27. The van der Waals surface area contributed by atoms with Gasteiger partial charge >= 0.3 is 0 Å². The quantitative estimate of drug-likeness (QED) is 0.631. The second-order valence-corrected chi connectivity index (χ2v) is 3.47. The fourth-order valence-electron chi connectivity index (χ4n) is 1.66. The van der Waals surface area contributed by atoms with E-state index in [1.54, 1.807) is 0 Å². The van der Waals surface area contributed by atoms with E-state index in [1.165, 1.54) is 19.3 Å². The van der Waals surface area contributed by atoms with Crippen LogP contribution in [0.25, 0.3) is 0 Å². The minimum Gasteiger partial charge on any atom is -0.396 e. The van der Waals surface area contributed by atoms with Crippen LogP contribution < -0.4 is 0 Å². The number of rotatable bonds is 6. The first kappa shape index (κ1) is 10.5. The molecule has 1 aliphatic rings. The minimum atomic E-state index is 0.225. The molecule has 1 aliphatic heterocycles. The topological polar surface area (TPSA) is 35.8 Å². The third-order valence-electron chi connectivity index (χ3n) is 2.40. The van der Waals surface area contributed by atoms with Gasteiger partial charge in [0.25, 0.3) is 0 Å². The summed E-state index contributed by atoms with van der Waals surface area (Å²) in [5.41, 5.74) is 0. The first-order valence-corrected chi connectivity index (χ1v) is 5.27. The Morgan fingerprint density at radius 2 is 2.31 bits per heavy atom. The number of hydrogen-bond acceptors (Lipinski definition) is 3. The highest BCUT2D eigenvalue weighted by molar-refractivity contribution is 5.83. The van der Waals surface area contributed by atoms with Crippen molar-refractivity contribution in [2.75, 3.05) is 26.2 Å². The number of nitrogens with zero attached hydrogens (tertiary/aromatic N) is 2. The number of aliphatic hydroxyl groups is 1. The molecule has 0 aliphatic carbocycles. The van der Waals surface area contributed by atoms with Gasteiger partial charge in [-0.15, -0.1) is 0 Å². The summed E-state index contributed by atoms with van der Waals surface area (Å²) in [6, 6.07) is 0. The average Bonchev–Trinajstić information content (AvgIpc) is 2.54. The van der Waals surface area contributed by atoms with Crippen LogP contribution in [0.2, 0.25) is 0 Å². The van der Waals surface area contributed by atoms with Gasteiger partial charge in [0.2, 0.25) is 0 Å². The molecule has 0 spiro atoms. The summed E-state index contributed by atoms with van der Waals surface area (Å²) in [5, 5.41) is 8.81. The van der Waals surface area contributed by atoms with Crippen molar-refractivity contribution in [3.8, 4) is 0 Å². The van der Waals surface area contributed by atoms with Gasteiger partial charge in [-0.3, -0.25) is 4.99 Å². The molecule has 0 saturated carbocycles. The van der Waals surface area contributed by atoms with E-state index in [0.29, 0.717) is 0 Å². The lowest BCUT2D eigenvalue weighted by Crippen LogP contribution is -2.29. The van der Waals surface area contributed by atoms with Crippen LogP contribution in [0, 0.1) is 0 Å². The molecule has 0 aromatic carbocycles. The summed E-state index contributed by atoms with van der Waals surface area (Å²) in [7, 11) is 0. The van der Waals surface area contributed by atoms with E-state index in [4.69, 9.17) is 5.11 Å². The first-order chi connectivity index (χ1) is 6.38. The van der Waals surface area contributed by atoms with Gasteiger partial charge in [-0.2, -0.15) is 0 Å². The van der Waals surface area contributed by atoms with Gasteiger partial charge in [-0.1, -0.05) is 19.8 Å². The Morgan fingerprint density at radius 1 is 1.46 bits per heavy atom. The van der Waals surface area contributed by atoms with E-state index < -0.39 is 0 Å². The van der Waals surface area contributed by atoms with Gasteiger partial charge in [0, 0.05) is 19.5 Å². The van der Waals surface area contributed by atoms with Crippen LogP contribution in [-0.4, -0.2) is 42.1 Å². The summed E-state index contributed by atoms with van der Waals surface area (Å²) < 4.78 is 0. The van der Waals surface area contributed by atoms with E-state index in [1.807, 2.05) is 0 Å². The summed E-state index contributed by atoms with van der Waals surface area (Å²) >= 11 is 0. The van der Waals surface area contributed by atoms with E-state index in [0.717, 1.165) is 31.9 Å². The van der Waals surface area contributed by atoms with Crippen molar-refractivity contribution in [3.05, 3.63) is 0 Å². The third-order valence-corrected chi connectivity index (χ3v) is 2.40. The Morgan fingerprint density at radius 3 is 3.00 bits per heavy atom. The molecule has 1 N–H and O–H groups in total. The zero-order valence-corrected chi connectivity index (χ0v) is 8.50. The summed E-state index contributed by atoms with van der Waals surface area (Å²) in [5.74, 6) is 1.11. The molecule has 76 valence electrons. The van der Waals surface area contributed by atoms with Crippen molar-refractivity contribution in [2.24, 2.45) is 4.99 Å². The lowest BCUT2D eigenvalue weighted by atomic mass is 10.2. The van der Waals surface area contributed by atoms with Gasteiger partial charge in [-0.05, 0) is 6.42 Å². The van der Waals surface area contributed by atoms with Crippen LogP contribution in [0.3, 0.4) is 0 Å². The van der Waals surface area contributed by atoms with Gasteiger partial charge in [0.1, 0.15) is 5.84 Å². The number of aliphatic imine (C=N–C) groups is 1. The highest BCUT2D eigenvalue weighted by Crippen LogP contribution is 2.07. The Hall–Kier alpha value is -0.570. The van der Waals surface area contributed by atoms with E-state index >= 15 is 0 Å². The molecule has 0 radical (unpaired) electrons. The Kier molecular flexibility index (Phi) is 4.83. The number of amidine groups is 1. The zero-order chi connectivity index (χ0) is 9.52. The van der Waals surface area contributed by atoms with Gasteiger partial charge in [0.05, 0.1) is 13.2 Å². The predicted molar refractivity (Wildman–Crippen MR) is 55.1 cm³/mol. The molecule has 0 atom stereocenters. The maximum Gasteiger partial charge on any atom is 0.101 e. The molecule has 1 heterocycles. The molecule has 3 nitrogen and oxygen atoms in total. The van der Waals surface area contributed by atoms with Crippen LogP contribution >= 0.6 is 0 Å². The highest BCUT2D eigenvalue weighted by atomic mass is 16.3. The minimum absolute atomic E-state index is 0.225.